The van der Waals surface area contributed by atoms with Crippen LogP contribution in [0.15, 0.2) is 18.2 Å². The van der Waals surface area contributed by atoms with Crippen LogP contribution in [0.3, 0.4) is 0 Å². The maximum absolute atomic E-state index is 11.5. The second-order valence-electron chi connectivity index (χ2n) is 3.58. The van der Waals surface area contributed by atoms with Crippen LogP contribution in [0.5, 0.6) is 5.75 Å². The van der Waals surface area contributed by atoms with E-state index in [1.807, 2.05) is 0 Å². The average Bonchev–Trinajstić information content (AvgIpc) is 2.30. The van der Waals surface area contributed by atoms with Gasteiger partial charge in [0.2, 0.25) is 5.91 Å². The normalized spacial score (nSPS) is 11.2. The number of carbonyl (C=O) groups excluding carboxylic acids is 1. The largest absolute Gasteiger partial charge is 0.506 e. The standard InChI is InChI=1S/C10H13N3O4.ClH/c1-6(5-11)10(15)12-8-4-7(13(16)17)2-3-9(8)14;/h2-4,6,14H,5,11H2,1H3,(H,12,15);1H. The van der Waals surface area contributed by atoms with Crippen LogP contribution < -0.4 is 11.1 Å². The van der Waals surface area contributed by atoms with Gasteiger partial charge in [0.25, 0.3) is 5.69 Å². The highest BCUT2D eigenvalue weighted by molar-refractivity contribution is 5.94. The van der Waals surface area contributed by atoms with E-state index in [9.17, 15) is 20.0 Å². The van der Waals surface area contributed by atoms with Gasteiger partial charge < -0.3 is 16.2 Å². The molecule has 0 aliphatic carbocycles. The Hall–Kier alpha value is -1.86. The monoisotopic (exact) mass is 275 g/mol. The number of non-ortho nitro benzene ring substituents is 1. The third-order valence-corrected chi connectivity index (χ3v) is 2.25. The molecule has 8 heteroatoms. The van der Waals surface area contributed by atoms with E-state index in [-0.39, 0.29) is 36.1 Å². The van der Waals surface area contributed by atoms with Crippen molar-refractivity contribution in [2.45, 2.75) is 6.92 Å². The first-order chi connectivity index (χ1) is 7.95. The number of nitrogens with two attached hydrogens (primary N) is 1. The molecule has 0 bridgehead atoms. The number of phenols is 1. The summed E-state index contributed by atoms with van der Waals surface area (Å²) in [5.41, 5.74) is 5.11. The Morgan fingerprint density at radius 3 is 2.72 bits per heavy atom. The molecule has 0 aliphatic rings. The van der Waals surface area contributed by atoms with E-state index in [0.717, 1.165) is 18.2 Å². The van der Waals surface area contributed by atoms with Crippen LogP contribution in [0.1, 0.15) is 6.92 Å². The minimum atomic E-state index is -0.610. The number of aromatic hydroxyl groups is 1. The fourth-order valence-electron chi connectivity index (χ4n) is 1.10. The highest BCUT2D eigenvalue weighted by Crippen LogP contribution is 2.28. The van der Waals surface area contributed by atoms with E-state index in [1.54, 1.807) is 6.92 Å². The molecular weight excluding hydrogens is 262 g/mol. The number of hydrogen-bond donors (Lipinski definition) is 3. The average molecular weight is 276 g/mol. The molecule has 1 aromatic carbocycles. The van der Waals surface area contributed by atoms with Crippen molar-refractivity contribution in [1.82, 2.24) is 0 Å². The van der Waals surface area contributed by atoms with Gasteiger partial charge in [0, 0.05) is 24.6 Å². The van der Waals surface area contributed by atoms with E-state index in [0.29, 0.717) is 0 Å². The minimum Gasteiger partial charge on any atom is -0.506 e. The van der Waals surface area contributed by atoms with Crippen molar-refractivity contribution in [3.05, 3.63) is 28.3 Å². The number of amides is 1. The van der Waals surface area contributed by atoms with Crippen molar-refractivity contribution < 1.29 is 14.8 Å². The lowest BCUT2D eigenvalue weighted by molar-refractivity contribution is -0.384. The van der Waals surface area contributed by atoms with Gasteiger partial charge >= 0.3 is 0 Å². The smallest absolute Gasteiger partial charge is 0.271 e. The van der Waals surface area contributed by atoms with Gasteiger partial charge in [0.05, 0.1) is 10.6 Å². The summed E-state index contributed by atoms with van der Waals surface area (Å²) in [6.45, 7) is 1.77. The first-order valence-corrected chi connectivity index (χ1v) is 4.94. The molecule has 18 heavy (non-hydrogen) atoms. The number of nitrogens with zero attached hydrogens (tertiary/aromatic N) is 1. The molecule has 0 radical (unpaired) electrons. The Balaban J connectivity index is 0.00000289. The summed E-state index contributed by atoms with van der Waals surface area (Å²) in [7, 11) is 0. The lowest BCUT2D eigenvalue weighted by atomic mass is 10.1. The maximum Gasteiger partial charge on any atom is 0.271 e. The van der Waals surface area contributed by atoms with Gasteiger partial charge in [-0.25, -0.2) is 0 Å². The van der Waals surface area contributed by atoms with Gasteiger partial charge in [0.15, 0.2) is 0 Å². The summed E-state index contributed by atoms with van der Waals surface area (Å²) in [5, 5.41) is 22.4. The predicted molar refractivity (Wildman–Crippen MR) is 68.9 cm³/mol. The first kappa shape index (κ1) is 16.1. The van der Waals surface area contributed by atoms with Crippen LogP contribution in [-0.2, 0) is 4.79 Å². The number of halogens is 1. The summed E-state index contributed by atoms with van der Waals surface area (Å²) in [5.74, 6) is -1.06. The summed E-state index contributed by atoms with van der Waals surface area (Å²) in [6, 6.07) is 3.40. The number of anilines is 1. The van der Waals surface area contributed by atoms with Crippen molar-refractivity contribution in [3.63, 3.8) is 0 Å². The van der Waals surface area contributed by atoms with E-state index in [4.69, 9.17) is 5.73 Å². The summed E-state index contributed by atoms with van der Waals surface area (Å²) in [4.78, 5) is 21.4. The van der Waals surface area contributed by atoms with Gasteiger partial charge in [-0.05, 0) is 6.07 Å². The molecule has 0 fully saturated rings. The Labute approximate surface area is 110 Å². The number of rotatable bonds is 4. The van der Waals surface area contributed by atoms with Crippen molar-refractivity contribution in [2.75, 3.05) is 11.9 Å². The number of benzene rings is 1. The molecule has 1 aromatic rings. The van der Waals surface area contributed by atoms with Crippen LogP contribution in [0.4, 0.5) is 11.4 Å². The zero-order chi connectivity index (χ0) is 13.0. The molecule has 1 amide bonds. The molecule has 0 saturated carbocycles. The zero-order valence-electron chi connectivity index (χ0n) is 9.62. The second-order valence-corrected chi connectivity index (χ2v) is 3.58. The van der Waals surface area contributed by atoms with E-state index in [2.05, 4.69) is 5.32 Å². The van der Waals surface area contributed by atoms with Gasteiger partial charge in [-0.1, -0.05) is 6.92 Å². The van der Waals surface area contributed by atoms with E-state index in [1.165, 1.54) is 0 Å². The number of phenolic OH excluding ortho intramolecular Hbond substituents is 1. The van der Waals surface area contributed by atoms with E-state index < -0.39 is 16.7 Å². The molecule has 0 saturated heterocycles. The van der Waals surface area contributed by atoms with Gasteiger partial charge in [0.1, 0.15) is 5.75 Å². The van der Waals surface area contributed by atoms with Crippen LogP contribution in [0.25, 0.3) is 0 Å². The molecule has 7 nitrogen and oxygen atoms in total. The number of nitro benzene ring substituents is 1. The molecule has 0 heterocycles. The summed E-state index contributed by atoms with van der Waals surface area (Å²) < 4.78 is 0. The lowest BCUT2D eigenvalue weighted by Crippen LogP contribution is -2.26. The Bertz CT molecular complexity index is 453. The summed E-state index contributed by atoms with van der Waals surface area (Å²) >= 11 is 0. The third-order valence-electron chi connectivity index (χ3n) is 2.25. The highest BCUT2D eigenvalue weighted by atomic mass is 35.5. The second kappa shape index (κ2) is 6.77. The lowest BCUT2D eigenvalue weighted by Gasteiger charge is -2.10. The van der Waals surface area contributed by atoms with Crippen LogP contribution in [-0.4, -0.2) is 22.5 Å². The third kappa shape index (κ3) is 3.86. The quantitative estimate of drug-likeness (QED) is 0.434. The number of hydrogen-bond acceptors (Lipinski definition) is 5. The van der Waals surface area contributed by atoms with Gasteiger partial charge in [-0.3, -0.25) is 14.9 Å². The van der Waals surface area contributed by atoms with Crippen LogP contribution in [0.2, 0.25) is 0 Å². The van der Waals surface area contributed by atoms with Gasteiger partial charge in [-0.2, -0.15) is 0 Å². The topological polar surface area (TPSA) is 118 Å². The van der Waals surface area contributed by atoms with Crippen molar-refractivity contribution in [3.8, 4) is 5.75 Å². The van der Waals surface area contributed by atoms with Crippen molar-refractivity contribution in [2.24, 2.45) is 11.7 Å². The number of nitro groups is 1. The Morgan fingerprint density at radius 2 is 2.22 bits per heavy atom. The summed E-state index contributed by atoms with van der Waals surface area (Å²) in [6.07, 6.45) is 0. The fraction of sp³-hybridized carbons (Fsp3) is 0.300. The first-order valence-electron chi connectivity index (χ1n) is 4.94. The maximum atomic E-state index is 11.5. The molecule has 0 spiro atoms. The molecule has 0 aliphatic heterocycles. The number of carbonyl (C=O) groups is 1. The molecule has 1 rings (SSSR count). The predicted octanol–water partition coefficient (Wildman–Crippen LogP) is 1.26. The Kier molecular flexibility index (Phi) is 6.07. The molecular formula is C10H14ClN3O4. The Morgan fingerprint density at radius 1 is 1.61 bits per heavy atom. The van der Waals surface area contributed by atoms with Crippen molar-refractivity contribution in [1.29, 1.82) is 0 Å². The van der Waals surface area contributed by atoms with Gasteiger partial charge in [-0.15, -0.1) is 12.4 Å². The molecule has 1 unspecified atom stereocenters. The molecule has 0 aromatic heterocycles. The molecule has 1 atom stereocenters. The zero-order valence-corrected chi connectivity index (χ0v) is 10.4. The fourth-order valence-corrected chi connectivity index (χ4v) is 1.10. The highest BCUT2D eigenvalue weighted by Gasteiger charge is 2.15. The SMILES string of the molecule is CC(CN)C(=O)Nc1cc([N+](=O)[O-])ccc1O.Cl. The van der Waals surface area contributed by atoms with Crippen LogP contribution in [0, 0.1) is 16.0 Å². The van der Waals surface area contributed by atoms with Crippen molar-refractivity contribution >= 4 is 29.7 Å². The minimum absolute atomic E-state index is 0. The number of nitrogens with one attached hydrogen (secondary N) is 1. The van der Waals surface area contributed by atoms with E-state index >= 15 is 0 Å². The molecule has 100 valence electrons. The molecule has 4 N–H and O–H groups in total. The van der Waals surface area contributed by atoms with Crippen LogP contribution >= 0.6 is 12.4 Å².